The van der Waals surface area contributed by atoms with Gasteiger partial charge in [-0.25, -0.2) is 8.78 Å². The summed E-state index contributed by atoms with van der Waals surface area (Å²) in [6, 6.07) is 8.04. The molecule has 5 nitrogen and oxygen atoms in total. The summed E-state index contributed by atoms with van der Waals surface area (Å²) in [7, 11) is 0. The molecule has 2 aromatic carbocycles. The summed E-state index contributed by atoms with van der Waals surface area (Å²) in [4.78, 5) is 17.7. The Morgan fingerprint density at radius 1 is 1.24 bits per heavy atom. The zero-order valence-corrected chi connectivity index (χ0v) is 20.0. The van der Waals surface area contributed by atoms with Crippen LogP contribution in [0.1, 0.15) is 60.0 Å². The molecule has 0 bridgehead atoms. The second-order valence-corrected chi connectivity index (χ2v) is 9.38. The fourth-order valence-corrected chi connectivity index (χ4v) is 5.28. The third-order valence-electron chi connectivity index (χ3n) is 7.38. The number of nitrogens with one attached hydrogen (secondary N) is 1. The van der Waals surface area contributed by atoms with E-state index in [-0.39, 0.29) is 35.9 Å². The summed E-state index contributed by atoms with van der Waals surface area (Å²) >= 11 is 0. The summed E-state index contributed by atoms with van der Waals surface area (Å²) in [6.07, 6.45) is 6.86. The van der Waals surface area contributed by atoms with E-state index in [1.165, 1.54) is 24.6 Å². The van der Waals surface area contributed by atoms with Gasteiger partial charge in [0.1, 0.15) is 12.4 Å². The van der Waals surface area contributed by atoms with Crippen molar-refractivity contribution in [1.29, 1.82) is 0 Å². The van der Waals surface area contributed by atoms with Crippen molar-refractivity contribution >= 4 is 29.2 Å². The highest BCUT2D eigenvalue weighted by molar-refractivity contribution is 5.95. The third-order valence-corrected chi connectivity index (χ3v) is 7.38. The van der Waals surface area contributed by atoms with E-state index in [0.717, 1.165) is 42.3 Å². The molecule has 182 valence electrons. The number of primary amides is 1. The number of hydrogen-bond donors (Lipinski definition) is 2. The van der Waals surface area contributed by atoms with Crippen molar-refractivity contribution in [1.82, 2.24) is 9.88 Å². The van der Waals surface area contributed by atoms with E-state index >= 15 is 0 Å². The molecular weight excluding hydrogens is 460 g/mol. The lowest BCUT2D eigenvalue weighted by Crippen LogP contribution is -2.52. The molecule has 2 heterocycles. The van der Waals surface area contributed by atoms with Crippen LogP contribution < -0.4 is 10.5 Å². The molecule has 1 saturated carbocycles. The highest BCUT2D eigenvalue weighted by Gasteiger charge is 2.35. The van der Waals surface area contributed by atoms with E-state index in [1.54, 1.807) is 12.1 Å². The SMILES string of the molecule is C[C@H](CCN(C1CCC1)[C@@H]1COc2c(F)ccc(C(N)=O)c2C1)c1c[nH]c2ccc(F)cc12.Cl. The summed E-state index contributed by atoms with van der Waals surface area (Å²) in [6.45, 7) is 3.40. The van der Waals surface area contributed by atoms with Crippen LogP contribution in [0.25, 0.3) is 10.9 Å². The topological polar surface area (TPSA) is 71.3 Å². The number of amides is 1. The molecular formula is C26H30ClF2N3O2. The van der Waals surface area contributed by atoms with Gasteiger partial charge in [-0.05, 0) is 74.0 Å². The Bertz CT molecular complexity index is 1190. The minimum absolute atomic E-state index is 0. The molecule has 3 N–H and O–H groups in total. The number of carbonyl (C=O) groups is 1. The molecule has 8 heteroatoms. The van der Waals surface area contributed by atoms with Crippen LogP contribution in [-0.2, 0) is 6.42 Å². The highest BCUT2D eigenvalue weighted by Crippen LogP contribution is 2.36. The van der Waals surface area contributed by atoms with Gasteiger partial charge in [-0.2, -0.15) is 0 Å². The van der Waals surface area contributed by atoms with Crippen molar-refractivity contribution in [3.05, 3.63) is 64.9 Å². The lowest BCUT2D eigenvalue weighted by atomic mass is 9.87. The molecule has 2 aliphatic rings. The first-order chi connectivity index (χ1) is 15.9. The second kappa shape index (κ2) is 9.92. The molecule has 3 aromatic rings. The molecule has 0 radical (unpaired) electrons. The summed E-state index contributed by atoms with van der Waals surface area (Å²) < 4.78 is 34.0. The molecule has 2 atom stereocenters. The number of halogens is 3. The maximum atomic E-state index is 14.3. The average Bonchev–Trinajstić information content (AvgIpc) is 3.18. The summed E-state index contributed by atoms with van der Waals surface area (Å²) in [5.74, 6) is -0.860. The van der Waals surface area contributed by atoms with Crippen molar-refractivity contribution in [3.63, 3.8) is 0 Å². The fourth-order valence-electron chi connectivity index (χ4n) is 5.28. The number of aromatic amines is 1. The van der Waals surface area contributed by atoms with Gasteiger partial charge >= 0.3 is 0 Å². The maximum Gasteiger partial charge on any atom is 0.249 e. The van der Waals surface area contributed by atoms with Gasteiger partial charge in [0.15, 0.2) is 11.6 Å². The second-order valence-electron chi connectivity index (χ2n) is 9.38. The van der Waals surface area contributed by atoms with Crippen molar-refractivity contribution in [2.75, 3.05) is 13.2 Å². The number of fused-ring (bicyclic) bond motifs is 2. The molecule has 1 aliphatic carbocycles. The lowest BCUT2D eigenvalue weighted by molar-refractivity contribution is 0.0409. The Kier molecular flexibility index (Phi) is 7.14. The third kappa shape index (κ3) is 4.51. The summed E-state index contributed by atoms with van der Waals surface area (Å²) in [5.41, 5.74) is 8.51. The molecule has 1 aromatic heterocycles. The van der Waals surface area contributed by atoms with Crippen LogP contribution in [0.5, 0.6) is 5.75 Å². The van der Waals surface area contributed by atoms with Crippen molar-refractivity contribution in [3.8, 4) is 5.75 Å². The normalized spacial score (nSPS) is 18.6. The van der Waals surface area contributed by atoms with E-state index in [4.69, 9.17) is 10.5 Å². The minimum Gasteiger partial charge on any atom is -0.489 e. The van der Waals surface area contributed by atoms with Crippen LogP contribution in [0.15, 0.2) is 36.5 Å². The van der Waals surface area contributed by atoms with Gasteiger partial charge in [0.25, 0.3) is 0 Å². The molecule has 1 aliphatic heterocycles. The fraction of sp³-hybridized carbons (Fsp3) is 0.423. The highest BCUT2D eigenvalue weighted by atomic mass is 35.5. The Labute approximate surface area is 204 Å². The largest absolute Gasteiger partial charge is 0.489 e. The van der Waals surface area contributed by atoms with E-state index < -0.39 is 11.7 Å². The number of hydrogen-bond acceptors (Lipinski definition) is 3. The van der Waals surface area contributed by atoms with E-state index in [1.807, 2.05) is 6.20 Å². The first kappa shape index (κ1) is 24.5. The monoisotopic (exact) mass is 489 g/mol. The Balaban J connectivity index is 0.00000274. The van der Waals surface area contributed by atoms with Crippen LogP contribution >= 0.6 is 12.4 Å². The van der Waals surface area contributed by atoms with E-state index in [2.05, 4.69) is 16.8 Å². The number of rotatable bonds is 7. The minimum atomic E-state index is -0.564. The van der Waals surface area contributed by atoms with Gasteiger partial charge < -0.3 is 15.5 Å². The molecule has 34 heavy (non-hydrogen) atoms. The zero-order chi connectivity index (χ0) is 23.1. The number of carbonyl (C=O) groups excluding carboxylic acids is 1. The van der Waals surface area contributed by atoms with Crippen molar-refractivity contribution < 1.29 is 18.3 Å². The Morgan fingerprint density at radius 3 is 2.74 bits per heavy atom. The standard InChI is InChI=1S/C26H29F2N3O2.ClH/c1-15(22-13-30-24-8-5-16(27)11-20(22)24)9-10-31(17-3-2-4-17)18-12-21-19(26(29)32)6-7-23(28)25(21)33-14-18;/h5-8,11,13,15,17-18,30H,2-4,9-10,12,14H2,1H3,(H2,29,32);1H/t15-,18+;/m1./s1. The first-order valence-electron chi connectivity index (χ1n) is 11.7. The van der Waals surface area contributed by atoms with Gasteiger partial charge in [-0.1, -0.05) is 13.3 Å². The molecule has 0 spiro atoms. The number of aromatic nitrogens is 1. The van der Waals surface area contributed by atoms with Crippen LogP contribution in [0.2, 0.25) is 0 Å². The smallest absolute Gasteiger partial charge is 0.249 e. The number of ether oxygens (including phenoxy) is 1. The van der Waals surface area contributed by atoms with Crippen molar-refractivity contribution in [2.45, 2.75) is 57.0 Å². The first-order valence-corrected chi connectivity index (χ1v) is 11.7. The van der Waals surface area contributed by atoms with Gasteiger partial charge in [-0.3, -0.25) is 9.69 Å². The number of nitrogens with two attached hydrogens (primary N) is 1. The predicted octanol–water partition coefficient (Wildman–Crippen LogP) is 5.32. The Morgan fingerprint density at radius 2 is 2.03 bits per heavy atom. The number of nitrogens with zero attached hydrogens (tertiary/aromatic N) is 1. The van der Waals surface area contributed by atoms with Crippen molar-refractivity contribution in [2.24, 2.45) is 5.73 Å². The molecule has 5 rings (SSSR count). The molecule has 0 saturated heterocycles. The van der Waals surface area contributed by atoms with Gasteiger partial charge in [0, 0.05) is 40.3 Å². The number of H-pyrrole nitrogens is 1. The van der Waals surface area contributed by atoms with E-state index in [9.17, 15) is 13.6 Å². The van der Waals surface area contributed by atoms with Crippen LogP contribution in [0, 0.1) is 11.6 Å². The van der Waals surface area contributed by atoms with Gasteiger partial charge in [0.2, 0.25) is 5.91 Å². The lowest BCUT2D eigenvalue weighted by Gasteiger charge is -2.44. The molecule has 0 unspecified atom stereocenters. The average molecular weight is 490 g/mol. The van der Waals surface area contributed by atoms with E-state index in [0.29, 0.717) is 30.2 Å². The molecule has 1 fully saturated rings. The van der Waals surface area contributed by atoms with Crippen LogP contribution in [0.4, 0.5) is 8.78 Å². The predicted molar refractivity (Wildman–Crippen MR) is 131 cm³/mol. The molecule has 1 amide bonds. The van der Waals surface area contributed by atoms with Gasteiger partial charge in [0.05, 0.1) is 0 Å². The van der Waals surface area contributed by atoms with Crippen LogP contribution in [-0.4, -0.2) is 41.0 Å². The zero-order valence-electron chi connectivity index (χ0n) is 19.2. The number of benzene rings is 2. The Hall–Kier alpha value is -2.64. The van der Waals surface area contributed by atoms with Gasteiger partial charge in [-0.15, -0.1) is 12.4 Å². The summed E-state index contributed by atoms with van der Waals surface area (Å²) in [5, 5.41) is 0.925. The quantitative estimate of drug-likeness (QED) is 0.472. The van der Waals surface area contributed by atoms with Crippen LogP contribution in [0.3, 0.4) is 0 Å². The maximum absolute atomic E-state index is 14.3.